The standard InChI is InChI=1S/C4H7ClF2O2/c1-2-9-3(8)4(5,6)7/h3,8H,2H2,1H3. The van der Waals surface area contributed by atoms with E-state index in [0.29, 0.717) is 0 Å². The Hall–Kier alpha value is 0.0700. The molecule has 1 unspecified atom stereocenters. The molecule has 0 amide bonds. The van der Waals surface area contributed by atoms with E-state index < -0.39 is 11.7 Å². The fourth-order valence-corrected chi connectivity index (χ4v) is 0.315. The molecule has 1 atom stereocenters. The van der Waals surface area contributed by atoms with Crippen molar-refractivity contribution in [2.75, 3.05) is 6.61 Å². The molecule has 0 aliphatic heterocycles. The van der Waals surface area contributed by atoms with Crippen molar-refractivity contribution in [3.05, 3.63) is 0 Å². The molecule has 0 aromatic rings. The van der Waals surface area contributed by atoms with E-state index in [-0.39, 0.29) is 6.61 Å². The van der Waals surface area contributed by atoms with Gasteiger partial charge in [-0.1, -0.05) is 0 Å². The summed E-state index contributed by atoms with van der Waals surface area (Å²) in [5, 5.41) is 4.60. The van der Waals surface area contributed by atoms with Crippen LogP contribution in [0.1, 0.15) is 6.92 Å². The van der Waals surface area contributed by atoms with Crippen LogP contribution in [0.3, 0.4) is 0 Å². The molecule has 0 rings (SSSR count). The van der Waals surface area contributed by atoms with Crippen LogP contribution in [0.15, 0.2) is 0 Å². The summed E-state index contributed by atoms with van der Waals surface area (Å²) < 4.78 is 27.5. The van der Waals surface area contributed by atoms with Gasteiger partial charge in [0.25, 0.3) is 0 Å². The van der Waals surface area contributed by atoms with E-state index in [0.717, 1.165) is 0 Å². The Bertz CT molecular complexity index is 83.1. The van der Waals surface area contributed by atoms with Crippen LogP contribution in [0.25, 0.3) is 0 Å². The molecule has 0 aliphatic rings. The SMILES string of the molecule is CCOC(O)C(F)(F)Cl. The fraction of sp³-hybridized carbons (Fsp3) is 1.00. The third kappa shape index (κ3) is 3.61. The Kier molecular flexibility index (Phi) is 3.32. The lowest BCUT2D eigenvalue weighted by molar-refractivity contribution is -0.193. The molecule has 0 fully saturated rings. The zero-order valence-electron chi connectivity index (χ0n) is 4.77. The van der Waals surface area contributed by atoms with Crippen LogP contribution in [-0.2, 0) is 4.74 Å². The minimum Gasteiger partial charge on any atom is -0.362 e. The largest absolute Gasteiger partial charge is 0.371 e. The number of aliphatic hydroxyl groups excluding tert-OH is 1. The third-order valence-electron chi connectivity index (χ3n) is 0.605. The maximum Gasteiger partial charge on any atom is 0.371 e. The van der Waals surface area contributed by atoms with Crippen molar-refractivity contribution < 1.29 is 18.6 Å². The van der Waals surface area contributed by atoms with Gasteiger partial charge in [-0.2, -0.15) is 8.78 Å². The van der Waals surface area contributed by atoms with Gasteiger partial charge in [0.05, 0.1) is 0 Å². The molecule has 0 aromatic heterocycles. The average molecular weight is 161 g/mol. The second-order valence-corrected chi connectivity index (χ2v) is 1.85. The molecule has 0 saturated heterocycles. The van der Waals surface area contributed by atoms with E-state index in [2.05, 4.69) is 16.3 Å². The van der Waals surface area contributed by atoms with Crippen LogP contribution in [-0.4, -0.2) is 23.4 Å². The van der Waals surface area contributed by atoms with Gasteiger partial charge in [-0.05, 0) is 18.5 Å². The highest BCUT2D eigenvalue weighted by Crippen LogP contribution is 2.23. The first-order valence-corrected chi connectivity index (χ1v) is 2.72. The molecule has 0 aromatic carbocycles. The number of ether oxygens (including phenoxy) is 1. The summed E-state index contributed by atoms with van der Waals surface area (Å²) in [6.45, 7) is 1.48. The van der Waals surface area contributed by atoms with Crippen LogP contribution in [0.4, 0.5) is 8.78 Å². The molecule has 2 nitrogen and oxygen atoms in total. The Labute approximate surface area is 56.4 Å². The summed E-state index contributed by atoms with van der Waals surface area (Å²) in [5.74, 6) is 0. The maximum absolute atomic E-state index is 11.7. The number of halogens is 3. The predicted octanol–water partition coefficient (Wildman–Crippen LogP) is 1.17. The molecule has 0 spiro atoms. The highest BCUT2D eigenvalue weighted by atomic mass is 35.5. The van der Waals surface area contributed by atoms with E-state index >= 15 is 0 Å². The summed E-state index contributed by atoms with van der Waals surface area (Å²) >= 11 is 4.35. The van der Waals surface area contributed by atoms with E-state index in [1.54, 1.807) is 0 Å². The van der Waals surface area contributed by atoms with Gasteiger partial charge in [-0.25, -0.2) is 0 Å². The second-order valence-electron chi connectivity index (χ2n) is 1.35. The first-order valence-electron chi connectivity index (χ1n) is 2.35. The summed E-state index contributed by atoms with van der Waals surface area (Å²) in [6, 6.07) is 0. The van der Waals surface area contributed by atoms with Gasteiger partial charge < -0.3 is 9.84 Å². The number of hydrogen-bond donors (Lipinski definition) is 1. The zero-order chi connectivity index (χ0) is 7.49. The monoisotopic (exact) mass is 160 g/mol. The topological polar surface area (TPSA) is 29.5 Å². The summed E-state index contributed by atoms with van der Waals surface area (Å²) in [4.78, 5) is 0. The normalized spacial score (nSPS) is 15.7. The van der Waals surface area contributed by atoms with E-state index in [9.17, 15) is 8.78 Å². The van der Waals surface area contributed by atoms with E-state index in [4.69, 9.17) is 5.11 Å². The molecular formula is C4H7ClF2O2. The summed E-state index contributed by atoms with van der Waals surface area (Å²) in [7, 11) is 0. The van der Waals surface area contributed by atoms with E-state index in [1.165, 1.54) is 6.92 Å². The number of alkyl halides is 3. The molecule has 5 heteroatoms. The van der Waals surface area contributed by atoms with Gasteiger partial charge in [0, 0.05) is 6.61 Å². The van der Waals surface area contributed by atoms with Crippen molar-refractivity contribution in [1.29, 1.82) is 0 Å². The average Bonchev–Trinajstić information content (AvgIpc) is 1.64. The molecule has 0 radical (unpaired) electrons. The van der Waals surface area contributed by atoms with Gasteiger partial charge >= 0.3 is 5.38 Å². The third-order valence-corrected chi connectivity index (χ3v) is 0.791. The van der Waals surface area contributed by atoms with Gasteiger partial charge in [0.2, 0.25) is 6.29 Å². The van der Waals surface area contributed by atoms with Crippen molar-refractivity contribution >= 4 is 11.6 Å². The van der Waals surface area contributed by atoms with Crippen LogP contribution in [0, 0.1) is 0 Å². The molecule has 0 heterocycles. The molecular weight excluding hydrogens is 153 g/mol. The zero-order valence-corrected chi connectivity index (χ0v) is 5.53. The van der Waals surface area contributed by atoms with Crippen molar-refractivity contribution in [3.8, 4) is 0 Å². The van der Waals surface area contributed by atoms with Crippen LogP contribution in [0.5, 0.6) is 0 Å². The van der Waals surface area contributed by atoms with Gasteiger partial charge in [-0.15, -0.1) is 0 Å². The number of aliphatic hydroxyl groups is 1. The van der Waals surface area contributed by atoms with Crippen molar-refractivity contribution in [1.82, 2.24) is 0 Å². The van der Waals surface area contributed by atoms with Crippen molar-refractivity contribution in [2.45, 2.75) is 18.6 Å². The smallest absolute Gasteiger partial charge is 0.362 e. The number of rotatable bonds is 3. The fourth-order valence-electron chi connectivity index (χ4n) is 0.252. The summed E-state index contributed by atoms with van der Waals surface area (Å²) in [5.41, 5.74) is 0. The molecule has 0 aliphatic carbocycles. The molecule has 56 valence electrons. The number of hydrogen-bond acceptors (Lipinski definition) is 2. The highest BCUT2D eigenvalue weighted by molar-refractivity contribution is 6.21. The van der Waals surface area contributed by atoms with Gasteiger partial charge in [0.1, 0.15) is 0 Å². The second kappa shape index (κ2) is 3.29. The molecule has 0 bridgehead atoms. The van der Waals surface area contributed by atoms with Crippen LogP contribution < -0.4 is 0 Å². The summed E-state index contributed by atoms with van der Waals surface area (Å²) in [6.07, 6.45) is -2.20. The minimum atomic E-state index is -3.68. The Balaban J connectivity index is 3.59. The molecule has 9 heavy (non-hydrogen) atoms. The Morgan fingerprint density at radius 3 is 2.33 bits per heavy atom. The first-order chi connectivity index (χ1) is 3.98. The minimum absolute atomic E-state index is 0.00345. The molecule has 0 saturated carbocycles. The van der Waals surface area contributed by atoms with Crippen molar-refractivity contribution in [2.24, 2.45) is 0 Å². The molecule has 1 N–H and O–H groups in total. The lowest BCUT2D eigenvalue weighted by atomic mass is 10.6. The van der Waals surface area contributed by atoms with Gasteiger partial charge in [-0.3, -0.25) is 0 Å². The Morgan fingerprint density at radius 1 is 1.78 bits per heavy atom. The van der Waals surface area contributed by atoms with Crippen LogP contribution in [0.2, 0.25) is 0 Å². The van der Waals surface area contributed by atoms with E-state index in [1.807, 2.05) is 0 Å². The lowest BCUT2D eigenvalue weighted by Crippen LogP contribution is -2.29. The first kappa shape index (κ1) is 9.07. The highest BCUT2D eigenvalue weighted by Gasteiger charge is 2.36. The Morgan fingerprint density at radius 2 is 2.22 bits per heavy atom. The van der Waals surface area contributed by atoms with Crippen LogP contribution >= 0.6 is 11.6 Å². The quantitative estimate of drug-likeness (QED) is 0.496. The lowest BCUT2D eigenvalue weighted by Gasteiger charge is -2.14. The predicted molar refractivity (Wildman–Crippen MR) is 28.4 cm³/mol. The maximum atomic E-state index is 11.7. The van der Waals surface area contributed by atoms with Gasteiger partial charge in [0.15, 0.2) is 0 Å². The van der Waals surface area contributed by atoms with Crippen molar-refractivity contribution in [3.63, 3.8) is 0 Å².